The van der Waals surface area contributed by atoms with Crippen molar-refractivity contribution < 1.29 is 18.7 Å². The lowest BCUT2D eigenvalue weighted by Crippen LogP contribution is -2.15. The highest BCUT2D eigenvalue weighted by Crippen LogP contribution is 2.35. The van der Waals surface area contributed by atoms with E-state index in [4.69, 9.17) is 9.47 Å². The van der Waals surface area contributed by atoms with Crippen LogP contribution in [0.2, 0.25) is 0 Å². The number of aromatic nitrogens is 3. The first-order chi connectivity index (χ1) is 14.2. The number of ether oxygens (including phenoxy) is 2. The average molecular weight is 408 g/mol. The number of hydrogen-bond donors (Lipinski definition) is 1. The van der Waals surface area contributed by atoms with E-state index in [-0.39, 0.29) is 5.56 Å². The number of anilines is 1. The van der Waals surface area contributed by atoms with Crippen LogP contribution in [0.25, 0.3) is 22.3 Å². The van der Waals surface area contributed by atoms with Crippen molar-refractivity contribution in [1.29, 1.82) is 0 Å². The quantitative estimate of drug-likeness (QED) is 0.553. The average Bonchev–Trinajstić information content (AvgIpc) is 3.21. The number of amides is 1. The molecule has 0 spiro atoms. The molecule has 0 fully saturated rings. The van der Waals surface area contributed by atoms with Crippen LogP contribution in [0.4, 0.5) is 9.52 Å². The smallest absolute Gasteiger partial charge is 0.259 e. The highest BCUT2D eigenvalue weighted by atomic mass is 32.1. The Morgan fingerprint density at radius 3 is 2.79 bits per heavy atom. The topological polar surface area (TPSA) is 86.2 Å². The van der Waals surface area contributed by atoms with Crippen LogP contribution in [-0.4, -0.2) is 34.1 Å². The van der Waals surface area contributed by atoms with Gasteiger partial charge in [0, 0.05) is 29.4 Å². The highest BCUT2D eigenvalue weighted by Gasteiger charge is 2.17. The van der Waals surface area contributed by atoms with E-state index in [1.807, 2.05) is 23.6 Å². The van der Waals surface area contributed by atoms with Crippen molar-refractivity contribution >= 4 is 33.4 Å². The molecule has 144 valence electrons. The van der Waals surface area contributed by atoms with E-state index < -0.39 is 11.7 Å². The lowest BCUT2D eigenvalue weighted by molar-refractivity contribution is 0.102. The van der Waals surface area contributed by atoms with Crippen molar-refractivity contribution in [2.24, 2.45) is 0 Å². The Kier molecular flexibility index (Phi) is 4.28. The van der Waals surface area contributed by atoms with Crippen molar-refractivity contribution in [3.63, 3.8) is 0 Å². The number of benzene rings is 2. The number of hydrogen-bond acceptors (Lipinski definition) is 7. The first kappa shape index (κ1) is 17.5. The molecule has 0 saturated heterocycles. The fraction of sp³-hybridized carbons (Fsp3) is 0.100. The lowest BCUT2D eigenvalue weighted by atomic mass is 10.1. The van der Waals surface area contributed by atoms with Gasteiger partial charge in [0.1, 0.15) is 24.5 Å². The summed E-state index contributed by atoms with van der Waals surface area (Å²) >= 11 is 1.27. The molecule has 1 amide bonds. The molecule has 0 aliphatic carbocycles. The molecule has 3 heterocycles. The van der Waals surface area contributed by atoms with Crippen molar-refractivity contribution in [1.82, 2.24) is 15.0 Å². The van der Waals surface area contributed by atoms with E-state index >= 15 is 0 Å². The van der Waals surface area contributed by atoms with Crippen molar-refractivity contribution in [2.75, 3.05) is 18.5 Å². The van der Waals surface area contributed by atoms with E-state index in [9.17, 15) is 9.18 Å². The van der Waals surface area contributed by atoms with Gasteiger partial charge in [-0.1, -0.05) is 0 Å². The van der Waals surface area contributed by atoms with Crippen molar-refractivity contribution in [3.8, 4) is 22.8 Å². The third-order valence-corrected chi connectivity index (χ3v) is 5.10. The fourth-order valence-corrected chi connectivity index (χ4v) is 3.76. The largest absolute Gasteiger partial charge is 0.486 e. The third kappa shape index (κ3) is 3.36. The molecule has 1 aliphatic heterocycles. The van der Waals surface area contributed by atoms with Crippen LogP contribution in [-0.2, 0) is 0 Å². The molecule has 0 saturated carbocycles. The molecule has 2 aromatic heterocycles. The zero-order valence-electron chi connectivity index (χ0n) is 14.9. The Bertz CT molecular complexity index is 1240. The Morgan fingerprint density at radius 2 is 1.90 bits per heavy atom. The van der Waals surface area contributed by atoms with Crippen LogP contribution in [0.5, 0.6) is 11.5 Å². The maximum absolute atomic E-state index is 13.9. The second-order valence-corrected chi connectivity index (χ2v) is 7.09. The Morgan fingerprint density at radius 1 is 1.07 bits per heavy atom. The van der Waals surface area contributed by atoms with Gasteiger partial charge in [0.05, 0.1) is 16.8 Å². The van der Waals surface area contributed by atoms with Crippen LogP contribution >= 0.6 is 11.3 Å². The minimum absolute atomic E-state index is 0.101. The van der Waals surface area contributed by atoms with Gasteiger partial charge in [0.15, 0.2) is 16.6 Å². The molecular weight excluding hydrogens is 395 g/mol. The first-order valence-corrected chi connectivity index (χ1v) is 9.62. The summed E-state index contributed by atoms with van der Waals surface area (Å²) in [6.07, 6.45) is 2.91. The van der Waals surface area contributed by atoms with Crippen molar-refractivity contribution in [3.05, 3.63) is 59.5 Å². The van der Waals surface area contributed by atoms with E-state index in [0.29, 0.717) is 46.6 Å². The number of nitrogens with one attached hydrogen (secondary N) is 1. The van der Waals surface area contributed by atoms with Gasteiger partial charge in [-0.2, -0.15) is 0 Å². The van der Waals surface area contributed by atoms with Crippen molar-refractivity contribution in [2.45, 2.75) is 0 Å². The zero-order chi connectivity index (χ0) is 19.8. The predicted octanol–water partition coefficient (Wildman–Crippen LogP) is 3.92. The number of nitrogens with zero attached hydrogens (tertiary/aromatic N) is 3. The lowest BCUT2D eigenvalue weighted by Gasteiger charge is -2.18. The molecule has 5 rings (SSSR count). The maximum atomic E-state index is 13.9. The number of halogens is 1. The standard InChI is InChI=1S/C20H13FN4O3S/c21-12-8-13(18-14(9-12)22-3-4-23-18)19(26)25-20-24-15(10-29-20)11-1-2-16-17(7-11)28-6-5-27-16/h1-4,7-10H,5-6H2,(H,24,25,26). The molecule has 0 radical (unpaired) electrons. The maximum Gasteiger partial charge on any atom is 0.259 e. The summed E-state index contributed by atoms with van der Waals surface area (Å²) in [4.78, 5) is 25.4. The van der Waals surface area contributed by atoms with Crippen LogP contribution in [0.3, 0.4) is 0 Å². The molecule has 7 nitrogen and oxygen atoms in total. The third-order valence-electron chi connectivity index (χ3n) is 4.35. The molecular formula is C20H13FN4O3S. The van der Waals surface area contributed by atoms with E-state index in [1.54, 1.807) is 0 Å². The van der Waals surface area contributed by atoms with Gasteiger partial charge >= 0.3 is 0 Å². The van der Waals surface area contributed by atoms with Crippen LogP contribution in [0.1, 0.15) is 10.4 Å². The Hall–Kier alpha value is -3.59. The van der Waals surface area contributed by atoms with Crippen LogP contribution < -0.4 is 14.8 Å². The second-order valence-electron chi connectivity index (χ2n) is 6.23. The van der Waals surface area contributed by atoms with E-state index in [2.05, 4.69) is 20.3 Å². The van der Waals surface area contributed by atoms with Gasteiger partial charge in [0.2, 0.25) is 0 Å². The van der Waals surface area contributed by atoms with Gasteiger partial charge in [0.25, 0.3) is 5.91 Å². The number of carbonyl (C=O) groups is 1. The van der Waals surface area contributed by atoms with Crippen LogP contribution in [0, 0.1) is 5.82 Å². The second kappa shape index (κ2) is 7.10. The predicted molar refractivity (Wildman–Crippen MR) is 106 cm³/mol. The number of carbonyl (C=O) groups excluding carboxylic acids is 1. The van der Waals surface area contributed by atoms with Gasteiger partial charge in [-0.15, -0.1) is 11.3 Å². The normalized spacial score (nSPS) is 12.7. The summed E-state index contributed by atoms with van der Waals surface area (Å²) < 4.78 is 25.0. The van der Waals surface area contributed by atoms with E-state index in [1.165, 1.54) is 29.8 Å². The summed E-state index contributed by atoms with van der Waals surface area (Å²) in [5.41, 5.74) is 2.27. The molecule has 1 aliphatic rings. The highest BCUT2D eigenvalue weighted by molar-refractivity contribution is 7.14. The minimum Gasteiger partial charge on any atom is -0.486 e. The minimum atomic E-state index is -0.556. The van der Waals surface area contributed by atoms with Crippen LogP contribution in [0.15, 0.2) is 48.1 Å². The molecule has 0 unspecified atom stereocenters. The summed E-state index contributed by atoms with van der Waals surface area (Å²) in [6, 6.07) is 7.94. The summed E-state index contributed by atoms with van der Waals surface area (Å²) in [5, 5.41) is 4.92. The Balaban J connectivity index is 1.41. The number of thiazole rings is 1. The monoisotopic (exact) mass is 408 g/mol. The van der Waals surface area contributed by atoms with Gasteiger partial charge in [-0.25, -0.2) is 9.37 Å². The molecule has 0 atom stereocenters. The number of fused-ring (bicyclic) bond motifs is 2. The summed E-state index contributed by atoms with van der Waals surface area (Å²) in [5.74, 6) is 0.303. The van der Waals surface area contributed by atoms with Gasteiger partial charge in [-0.3, -0.25) is 20.1 Å². The molecule has 1 N–H and O–H groups in total. The SMILES string of the molecule is O=C(Nc1nc(-c2ccc3c(c2)OCCO3)cs1)c1cc(F)cc2nccnc12. The fourth-order valence-electron chi connectivity index (χ4n) is 3.04. The van der Waals surface area contributed by atoms with E-state index in [0.717, 1.165) is 11.6 Å². The number of rotatable bonds is 3. The summed E-state index contributed by atoms with van der Waals surface area (Å²) in [7, 11) is 0. The van der Waals surface area contributed by atoms with Gasteiger partial charge in [-0.05, 0) is 24.3 Å². The Labute approximate surface area is 168 Å². The molecule has 4 aromatic rings. The molecule has 9 heteroatoms. The molecule has 29 heavy (non-hydrogen) atoms. The molecule has 2 aromatic carbocycles. The summed E-state index contributed by atoms with van der Waals surface area (Å²) in [6.45, 7) is 1.03. The first-order valence-electron chi connectivity index (χ1n) is 8.74. The van der Waals surface area contributed by atoms with Gasteiger partial charge < -0.3 is 9.47 Å². The zero-order valence-corrected chi connectivity index (χ0v) is 15.7. The molecule has 0 bridgehead atoms.